The molecule has 0 spiro atoms. The zero-order valence-corrected chi connectivity index (χ0v) is 12.2. The van der Waals surface area contributed by atoms with E-state index in [9.17, 15) is 4.39 Å². The van der Waals surface area contributed by atoms with Crippen LogP contribution >= 0.6 is 11.8 Å². The number of rotatable bonds is 3. The Bertz CT molecular complexity index is 935. The Kier molecular flexibility index (Phi) is 3.19. The van der Waals surface area contributed by atoms with Crippen molar-refractivity contribution >= 4 is 28.4 Å². The lowest BCUT2D eigenvalue weighted by Crippen LogP contribution is -1.90. The summed E-state index contributed by atoms with van der Waals surface area (Å²) >= 11 is 1.43. The lowest BCUT2D eigenvalue weighted by Gasteiger charge is -2.04. The summed E-state index contributed by atoms with van der Waals surface area (Å²) in [5.41, 5.74) is 1.63. The molecule has 3 aromatic heterocycles. The predicted octanol–water partition coefficient (Wildman–Crippen LogP) is 3.10. The normalized spacial score (nSPS) is 11.3. The number of aromatic nitrogens is 5. The molecule has 0 bridgehead atoms. The first kappa shape index (κ1) is 13.1. The van der Waals surface area contributed by atoms with Crippen LogP contribution in [0, 0.1) is 5.82 Å². The van der Waals surface area contributed by atoms with Gasteiger partial charge >= 0.3 is 0 Å². The van der Waals surface area contributed by atoms with E-state index in [0.29, 0.717) is 16.7 Å². The van der Waals surface area contributed by atoms with Crippen molar-refractivity contribution in [2.75, 3.05) is 0 Å². The summed E-state index contributed by atoms with van der Waals surface area (Å²) in [4.78, 5) is 12.8. The Morgan fingerprint density at radius 1 is 1.14 bits per heavy atom. The fourth-order valence-electron chi connectivity index (χ4n) is 2.25. The summed E-state index contributed by atoms with van der Waals surface area (Å²) in [6.07, 6.45) is 5.17. The Hall–Kier alpha value is -2.54. The van der Waals surface area contributed by atoms with E-state index < -0.39 is 0 Å². The quantitative estimate of drug-likeness (QED) is 0.544. The summed E-state index contributed by atoms with van der Waals surface area (Å²) in [6.45, 7) is 0. The minimum Gasteiger partial charge on any atom is -0.256 e. The van der Waals surface area contributed by atoms with Gasteiger partial charge in [-0.3, -0.25) is 4.98 Å². The first-order valence-electron chi connectivity index (χ1n) is 6.63. The molecule has 22 heavy (non-hydrogen) atoms. The van der Waals surface area contributed by atoms with Crippen LogP contribution in [0.25, 0.3) is 16.7 Å². The van der Waals surface area contributed by atoms with Gasteiger partial charge in [0.15, 0.2) is 0 Å². The van der Waals surface area contributed by atoms with Crippen molar-refractivity contribution in [2.45, 2.75) is 10.9 Å². The third-order valence-electron chi connectivity index (χ3n) is 3.20. The van der Waals surface area contributed by atoms with E-state index >= 15 is 0 Å². The number of pyridine rings is 1. The van der Waals surface area contributed by atoms with Crippen molar-refractivity contribution in [1.29, 1.82) is 0 Å². The molecule has 4 aromatic rings. The van der Waals surface area contributed by atoms with Gasteiger partial charge < -0.3 is 0 Å². The number of hydrogen-bond acceptors (Lipinski definition) is 5. The monoisotopic (exact) mass is 311 g/mol. The minimum absolute atomic E-state index is 0.263. The van der Waals surface area contributed by atoms with Crippen molar-refractivity contribution in [3.63, 3.8) is 0 Å². The molecule has 0 fully saturated rings. The standard InChI is InChI=1S/C15H10FN5S/c16-12-7-10-3-1-4-17-13(10)11(8-12)9-22-15-19-14-18-5-2-6-21(14)20-15/h1-8H,9H2. The molecule has 7 heteroatoms. The van der Waals surface area contributed by atoms with Gasteiger partial charge in [0.05, 0.1) is 5.52 Å². The van der Waals surface area contributed by atoms with Crippen molar-refractivity contribution in [3.05, 3.63) is 60.3 Å². The van der Waals surface area contributed by atoms with E-state index in [1.807, 2.05) is 6.07 Å². The molecule has 0 saturated carbocycles. The summed E-state index contributed by atoms with van der Waals surface area (Å²) in [7, 11) is 0. The fraction of sp³-hybridized carbons (Fsp3) is 0.0667. The predicted molar refractivity (Wildman–Crippen MR) is 82.0 cm³/mol. The van der Waals surface area contributed by atoms with Gasteiger partial charge in [-0.2, -0.15) is 4.98 Å². The molecule has 1 aromatic carbocycles. The highest BCUT2D eigenvalue weighted by atomic mass is 32.2. The number of benzene rings is 1. The third-order valence-corrected chi connectivity index (χ3v) is 4.09. The van der Waals surface area contributed by atoms with Crippen LogP contribution in [0.4, 0.5) is 4.39 Å². The first-order valence-corrected chi connectivity index (χ1v) is 7.61. The molecule has 0 radical (unpaired) electrons. The van der Waals surface area contributed by atoms with Crippen LogP contribution in [0.2, 0.25) is 0 Å². The lowest BCUT2D eigenvalue weighted by molar-refractivity contribution is 0.628. The van der Waals surface area contributed by atoms with Crippen molar-refractivity contribution in [1.82, 2.24) is 24.6 Å². The maximum atomic E-state index is 13.7. The highest BCUT2D eigenvalue weighted by Crippen LogP contribution is 2.25. The van der Waals surface area contributed by atoms with E-state index in [0.717, 1.165) is 16.5 Å². The second-order valence-corrected chi connectivity index (χ2v) is 5.63. The van der Waals surface area contributed by atoms with Gasteiger partial charge in [-0.05, 0) is 29.8 Å². The number of fused-ring (bicyclic) bond motifs is 2. The molecule has 108 valence electrons. The maximum Gasteiger partial charge on any atom is 0.253 e. The van der Waals surface area contributed by atoms with Gasteiger partial charge in [-0.25, -0.2) is 13.9 Å². The van der Waals surface area contributed by atoms with Gasteiger partial charge in [-0.1, -0.05) is 17.8 Å². The summed E-state index contributed by atoms with van der Waals surface area (Å²) in [5.74, 6) is 0.829. The molecule has 0 amide bonds. The van der Waals surface area contributed by atoms with Crippen LogP contribution < -0.4 is 0 Å². The van der Waals surface area contributed by atoms with Crippen LogP contribution in [-0.4, -0.2) is 24.6 Å². The molecule has 0 unspecified atom stereocenters. The molecule has 0 atom stereocenters. The average molecular weight is 311 g/mol. The van der Waals surface area contributed by atoms with E-state index in [2.05, 4.69) is 20.1 Å². The topological polar surface area (TPSA) is 56.0 Å². The van der Waals surface area contributed by atoms with Crippen LogP contribution in [-0.2, 0) is 5.75 Å². The molecule has 0 saturated heterocycles. The Labute approximate surface area is 129 Å². The molecule has 0 N–H and O–H groups in total. The number of thioether (sulfide) groups is 1. The highest BCUT2D eigenvalue weighted by Gasteiger charge is 2.09. The first-order chi connectivity index (χ1) is 10.8. The number of hydrogen-bond donors (Lipinski definition) is 0. The van der Waals surface area contributed by atoms with Gasteiger partial charge in [0.25, 0.3) is 5.78 Å². The summed E-state index contributed by atoms with van der Waals surface area (Å²) < 4.78 is 15.3. The van der Waals surface area contributed by atoms with Crippen LogP contribution in [0.1, 0.15) is 5.56 Å². The molecule has 0 aliphatic rings. The summed E-state index contributed by atoms with van der Waals surface area (Å²) in [5, 5.41) is 5.72. The molecular weight excluding hydrogens is 301 g/mol. The van der Waals surface area contributed by atoms with E-state index in [-0.39, 0.29) is 5.82 Å². The zero-order chi connectivity index (χ0) is 14.9. The van der Waals surface area contributed by atoms with Crippen molar-refractivity contribution in [3.8, 4) is 0 Å². The van der Waals surface area contributed by atoms with Crippen molar-refractivity contribution in [2.24, 2.45) is 0 Å². The SMILES string of the molecule is Fc1cc(CSc2nc3ncccn3n2)c2ncccc2c1. The molecule has 0 aliphatic heterocycles. The molecule has 3 heterocycles. The van der Waals surface area contributed by atoms with E-state index in [1.165, 1.54) is 23.9 Å². The van der Waals surface area contributed by atoms with Crippen LogP contribution in [0.5, 0.6) is 0 Å². The number of halogens is 1. The zero-order valence-electron chi connectivity index (χ0n) is 11.3. The van der Waals surface area contributed by atoms with Crippen LogP contribution in [0.15, 0.2) is 54.1 Å². The van der Waals surface area contributed by atoms with E-state index in [4.69, 9.17) is 0 Å². The minimum atomic E-state index is -0.263. The van der Waals surface area contributed by atoms with Gasteiger partial charge in [0.2, 0.25) is 5.16 Å². The number of nitrogens with zero attached hydrogens (tertiary/aromatic N) is 5. The van der Waals surface area contributed by atoms with Crippen LogP contribution in [0.3, 0.4) is 0 Å². The second-order valence-electron chi connectivity index (χ2n) is 4.69. The Balaban J connectivity index is 1.66. The Morgan fingerprint density at radius 3 is 2.95 bits per heavy atom. The lowest BCUT2D eigenvalue weighted by atomic mass is 10.1. The molecular formula is C15H10FN5S. The molecule has 0 aliphatic carbocycles. The van der Waals surface area contributed by atoms with Gasteiger partial charge in [-0.15, -0.1) is 5.10 Å². The van der Waals surface area contributed by atoms with Crippen molar-refractivity contribution < 1.29 is 4.39 Å². The maximum absolute atomic E-state index is 13.7. The second kappa shape index (κ2) is 5.34. The largest absolute Gasteiger partial charge is 0.256 e. The molecule has 5 nitrogen and oxygen atoms in total. The third kappa shape index (κ3) is 2.39. The smallest absolute Gasteiger partial charge is 0.253 e. The molecule has 4 rings (SSSR count). The fourth-order valence-corrected chi connectivity index (χ4v) is 3.05. The van der Waals surface area contributed by atoms with E-state index in [1.54, 1.807) is 35.2 Å². The Morgan fingerprint density at radius 2 is 2.05 bits per heavy atom. The van der Waals surface area contributed by atoms with Gasteiger partial charge in [0, 0.05) is 29.7 Å². The van der Waals surface area contributed by atoms with Gasteiger partial charge in [0.1, 0.15) is 5.82 Å². The summed E-state index contributed by atoms with van der Waals surface area (Å²) in [6, 6.07) is 8.45. The highest BCUT2D eigenvalue weighted by molar-refractivity contribution is 7.98. The average Bonchev–Trinajstić information content (AvgIpc) is 2.95.